The van der Waals surface area contributed by atoms with Crippen molar-refractivity contribution in [3.8, 4) is 0 Å². The molecule has 0 aliphatic carbocycles. The van der Waals surface area contributed by atoms with E-state index in [0.29, 0.717) is 10.4 Å². The minimum absolute atomic E-state index is 0. The van der Waals surface area contributed by atoms with Gasteiger partial charge in [0.05, 0.1) is 10.9 Å². The van der Waals surface area contributed by atoms with E-state index in [1.54, 1.807) is 12.1 Å². The largest absolute Gasteiger partial charge is 0.353 e. The average Bonchev–Trinajstić information content (AvgIpc) is 2.37. The zero-order chi connectivity index (χ0) is 13.8. The molecule has 1 aromatic carbocycles. The number of piperidine rings is 1. The summed E-state index contributed by atoms with van der Waals surface area (Å²) in [6.45, 7) is 4.01. The second-order valence-electron chi connectivity index (χ2n) is 5.07. The minimum Gasteiger partial charge on any atom is -0.353 e. The van der Waals surface area contributed by atoms with Gasteiger partial charge in [-0.1, -0.05) is 13.0 Å². The van der Waals surface area contributed by atoms with Crippen molar-refractivity contribution in [3.05, 3.63) is 34.1 Å². The Morgan fingerprint density at radius 1 is 1.55 bits per heavy atom. The molecule has 20 heavy (non-hydrogen) atoms. The van der Waals surface area contributed by atoms with Crippen LogP contribution in [0.3, 0.4) is 0 Å². The van der Waals surface area contributed by atoms with E-state index in [2.05, 4.69) is 33.5 Å². The molecule has 1 saturated heterocycles. The SMILES string of the molecule is CC1CNCCC1NC(=O)Cc1ccc(F)c(Br)c1.Cl. The van der Waals surface area contributed by atoms with Gasteiger partial charge >= 0.3 is 0 Å². The van der Waals surface area contributed by atoms with Gasteiger partial charge in [0, 0.05) is 6.04 Å². The number of rotatable bonds is 3. The summed E-state index contributed by atoms with van der Waals surface area (Å²) in [5.74, 6) is 0.131. The summed E-state index contributed by atoms with van der Waals surface area (Å²) in [6, 6.07) is 4.91. The third-order valence-electron chi connectivity index (χ3n) is 3.48. The van der Waals surface area contributed by atoms with Crippen LogP contribution in [0.1, 0.15) is 18.9 Å². The molecule has 1 amide bonds. The third-order valence-corrected chi connectivity index (χ3v) is 4.09. The molecule has 1 aliphatic heterocycles. The molecule has 2 unspecified atom stereocenters. The Morgan fingerprint density at radius 2 is 2.30 bits per heavy atom. The normalized spacial score (nSPS) is 21.9. The van der Waals surface area contributed by atoms with Gasteiger partial charge in [-0.25, -0.2) is 4.39 Å². The fraction of sp³-hybridized carbons (Fsp3) is 0.500. The first-order chi connectivity index (χ1) is 9.06. The van der Waals surface area contributed by atoms with Gasteiger partial charge in [-0.05, 0) is 59.1 Å². The van der Waals surface area contributed by atoms with Crippen LogP contribution in [0.25, 0.3) is 0 Å². The number of halogens is 3. The van der Waals surface area contributed by atoms with Crippen LogP contribution in [0.2, 0.25) is 0 Å². The molecule has 1 aliphatic rings. The van der Waals surface area contributed by atoms with E-state index in [1.165, 1.54) is 6.07 Å². The molecular weight excluding hydrogens is 347 g/mol. The van der Waals surface area contributed by atoms with Crippen molar-refractivity contribution in [2.75, 3.05) is 13.1 Å². The van der Waals surface area contributed by atoms with Crippen LogP contribution in [0.5, 0.6) is 0 Å². The molecule has 0 bridgehead atoms. The van der Waals surface area contributed by atoms with Crippen LogP contribution in [0.15, 0.2) is 22.7 Å². The Kier molecular flexibility index (Phi) is 6.92. The molecule has 0 saturated carbocycles. The third kappa shape index (κ3) is 4.72. The smallest absolute Gasteiger partial charge is 0.224 e. The predicted molar refractivity (Wildman–Crippen MR) is 83.6 cm³/mol. The topological polar surface area (TPSA) is 41.1 Å². The van der Waals surface area contributed by atoms with Gasteiger partial charge in [0.25, 0.3) is 0 Å². The Balaban J connectivity index is 0.00000200. The fourth-order valence-corrected chi connectivity index (χ4v) is 2.75. The molecule has 2 N–H and O–H groups in total. The molecule has 3 nitrogen and oxygen atoms in total. The molecule has 1 heterocycles. The summed E-state index contributed by atoms with van der Waals surface area (Å²) in [6.07, 6.45) is 1.25. The van der Waals surface area contributed by atoms with Gasteiger partial charge in [0.2, 0.25) is 5.91 Å². The Hall–Kier alpha value is -0.650. The lowest BCUT2D eigenvalue weighted by Gasteiger charge is -2.30. The minimum atomic E-state index is -0.309. The predicted octanol–water partition coefficient (Wildman–Crippen LogP) is 2.67. The van der Waals surface area contributed by atoms with Gasteiger partial charge in [-0.3, -0.25) is 4.79 Å². The lowest BCUT2D eigenvalue weighted by atomic mass is 9.95. The zero-order valence-corrected chi connectivity index (χ0v) is 13.7. The summed E-state index contributed by atoms with van der Waals surface area (Å²) in [5, 5.41) is 6.37. The number of benzene rings is 1. The summed E-state index contributed by atoms with van der Waals surface area (Å²) in [5.41, 5.74) is 0.812. The number of nitrogens with one attached hydrogen (secondary N) is 2. The van der Waals surface area contributed by atoms with Crippen molar-refractivity contribution in [1.29, 1.82) is 0 Å². The van der Waals surface area contributed by atoms with Crippen molar-refractivity contribution in [2.24, 2.45) is 5.92 Å². The van der Waals surface area contributed by atoms with Gasteiger partial charge in [0.15, 0.2) is 0 Å². The summed E-state index contributed by atoms with van der Waals surface area (Å²) in [4.78, 5) is 12.0. The van der Waals surface area contributed by atoms with Crippen LogP contribution in [0.4, 0.5) is 4.39 Å². The molecule has 1 fully saturated rings. The van der Waals surface area contributed by atoms with Crippen molar-refractivity contribution in [1.82, 2.24) is 10.6 Å². The monoisotopic (exact) mass is 364 g/mol. The van der Waals surface area contributed by atoms with Crippen molar-refractivity contribution in [3.63, 3.8) is 0 Å². The Labute approximate surface area is 133 Å². The van der Waals surface area contributed by atoms with E-state index in [9.17, 15) is 9.18 Å². The van der Waals surface area contributed by atoms with Crippen LogP contribution in [0, 0.1) is 11.7 Å². The van der Waals surface area contributed by atoms with E-state index >= 15 is 0 Å². The molecule has 0 spiro atoms. The summed E-state index contributed by atoms with van der Waals surface area (Å²) < 4.78 is 13.5. The fourth-order valence-electron chi connectivity index (χ4n) is 2.32. The quantitative estimate of drug-likeness (QED) is 0.865. The van der Waals surface area contributed by atoms with E-state index < -0.39 is 0 Å². The van der Waals surface area contributed by atoms with Gasteiger partial charge < -0.3 is 10.6 Å². The zero-order valence-electron chi connectivity index (χ0n) is 11.3. The van der Waals surface area contributed by atoms with Crippen molar-refractivity contribution < 1.29 is 9.18 Å². The highest BCUT2D eigenvalue weighted by atomic mass is 79.9. The van der Waals surface area contributed by atoms with E-state index in [0.717, 1.165) is 25.1 Å². The molecule has 2 atom stereocenters. The van der Waals surface area contributed by atoms with E-state index in [4.69, 9.17) is 0 Å². The Bertz CT molecular complexity index is 472. The highest BCUT2D eigenvalue weighted by molar-refractivity contribution is 9.10. The van der Waals surface area contributed by atoms with Crippen LogP contribution in [-0.2, 0) is 11.2 Å². The van der Waals surface area contributed by atoms with E-state index in [1.807, 2.05) is 0 Å². The highest BCUT2D eigenvalue weighted by Gasteiger charge is 2.22. The molecule has 0 radical (unpaired) electrons. The molecular formula is C14H19BrClFN2O. The molecule has 1 aromatic rings. The van der Waals surface area contributed by atoms with Gasteiger partial charge in [-0.15, -0.1) is 12.4 Å². The van der Waals surface area contributed by atoms with Crippen LogP contribution >= 0.6 is 28.3 Å². The highest BCUT2D eigenvalue weighted by Crippen LogP contribution is 2.17. The first-order valence-corrected chi connectivity index (χ1v) is 7.29. The number of carbonyl (C=O) groups is 1. The van der Waals surface area contributed by atoms with Crippen LogP contribution in [-0.4, -0.2) is 25.0 Å². The molecule has 2 rings (SSSR count). The lowest BCUT2D eigenvalue weighted by molar-refractivity contribution is -0.121. The van der Waals surface area contributed by atoms with Crippen molar-refractivity contribution >= 4 is 34.2 Å². The number of hydrogen-bond acceptors (Lipinski definition) is 2. The average molecular weight is 366 g/mol. The van der Waals surface area contributed by atoms with Crippen LogP contribution < -0.4 is 10.6 Å². The first-order valence-electron chi connectivity index (χ1n) is 6.50. The maximum Gasteiger partial charge on any atom is 0.224 e. The molecule has 0 aromatic heterocycles. The maximum absolute atomic E-state index is 13.1. The second-order valence-corrected chi connectivity index (χ2v) is 5.92. The molecule has 112 valence electrons. The standard InChI is InChI=1S/C14H18BrFN2O.ClH/c1-9-8-17-5-4-13(9)18-14(19)7-10-2-3-12(16)11(15)6-10;/h2-3,6,9,13,17H,4-5,7-8H2,1H3,(H,18,19);1H. The van der Waals surface area contributed by atoms with Crippen molar-refractivity contribution in [2.45, 2.75) is 25.8 Å². The second kappa shape index (κ2) is 7.96. The number of hydrogen-bond donors (Lipinski definition) is 2. The lowest BCUT2D eigenvalue weighted by Crippen LogP contribution is -2.48. The molecule has 6 heteroatoms. The summed E-state index contributed by atoms with van der Waals surface area (Å²) >= 11 is 3.13. The number of amides is 1. The van der Waals surface area contributed by atoms with Gasteiger partial charge in [-0.2, -0.15) is 0 Å². The summed E-state index contributed by atoms with van der Waals surface area (Å²) in [7, 11) is 0. The van der Waals surface area contributed by atoms with E-state index in [-0.39, 0.29) is 36.6 Å². The number of carbonyl (C=O) groups excluding carboxylic acids is 1. The Morgan fingerprint density at radius 3 is 2.95 bits per heavy atom. The van der Waals surface area contributed by atoms with Gasteiger partial charge in [0.1, 0.15) is 5.82 Å². The maximum atomic E-state index is 13.1. The first kappa shape index (κ1) is 17.4.